The van der Waals surface area contributed by atoms with Crippen LogP contribution >= 0.6 is 0 Å². The lowest BCUT2D eigenvalue weighted by Gasteiger charge is -2.13. The first kappa shape index (κ1) is 29.6. The lowest BCUT2D eigenvalue weighted by atomic mass is 9.99. The Hall–Kier alpha value is -5.84. The monoisotopic (exact) mass is 603 g/mol. The predicted octanol–water partition coefficient (Wildman–Crippen LogP) is 4.74. The second-order valence-corrected chi connectivity index (χ2v) is 9.33. The van der Waals surface area contributed by atoms with E-state index >= 15 is 0 Å². The Morgan fingerprint density at radius 1 is 1.02 bits per heavy atom. The minimum Gasteiger partial charge on any atom is -0.457 e. The standard InChI is InChI=1S/C30H21F4N7O3/c1-35-29(43)25-14-22(7-8-36-25)44-23-10-17(9-20(13-23)30(32,33)34)11-26(42)19-4-6-24(31)18(12-19)3-5-21-15-37-28(41(21)2)27-38-16-39-40-27/h4,6-10,12-16H,11H2,1-2H3,(H,35,43)(H,38,39,40). The largest absolute Gasteiger partial charge is 0.457 e. The van der Waals surface area contributed by atoms with E-state index in [1.165, 1.54) is 56.1 Å². The molecule has 44 heavy (non-hydrogen) atoms. The molecule has 0 fully saturated rings. The second kappa shape index (κ2) is 12.2. The zero-order chi connectivity index (χ0) is 31.4. The number of halogens is 4. The SMILES string of the molecule is CNC(=O)c1cc(Oc2cc(CC(=O)c3ccc(F)c(C#Cc4cnc(-c5ncn[nH]5)n4C)c3)cc(C(F)(F)F)c2)ccn1. The molecule has 2 aromatic carbocycles. The number of Topliss-reactive ketones (excluding diaryl/α,β-unsaturated/α-hetero) is 1. The van der Waals surface area contributed by atoms with Crippen LogP contribution in [0.2, 0.25) is 0 Å². The van der Waals surface area contributed by atoms with E-state index in [1.54, 1.807) is 11.6 Å². The van der Waals surface area contributed by atoms with Crippen molar-refractivity contribution in [2.24, 2.45) is 7.05 Å². The average Bonchev–Trinajstić information content (AvgIpc) is 3.65. The normalized spacial score (nSPS) is 11.0. The molecular formula is C30H21F4N7O3. The van der Waals surface area contributed by atoms with Crippen LogP contribution < -0.4 is 10.1 Å². The van der Waals surface area contributed by atoms with Crippen molar-refractivity contribution in [2.75, 3.05) is 7.05 Å². The van der Waals surface area contributed by atoms with Gasteiger partial charge >= 0.3 is 6.18 Å². The number of alkyl halides is 3. The summed E-state index contributed by atoms with van der Waals surface area (Å²) in [6.07, 6.45) is -1.11. The van der Waals surface area contributed by atoms with Crippen LogP contribution in [-0.4, -0.2) is 48.5 Å². The van der Waals surface area contributed by atoms with Crippen molar-refractivity contribution in [2.45, 2.75) is 12.6 Å². The van der Waals surface area contributed by atoms with E-state index in [0.717, 1.165) is 18.2 Å². The summed E-state index contributed by atoms with van der Waals surface area (Å²) in [5, 5.41) is 8.86. The van der Waals surface area contributed by atoms with Gasteiger partial charge in [-0.1, -0.05) is 5.92 Å². The number of carbonyl (C=O) groups is 2. The number of ketones is 1. The van der Waals surface area contributed by atoms with Crippen molar-refractivity contribution in [3.05, 3.63) is 107 Å². The number of nitrogens with one attached hydrogen (secondary N) is 2. The molecule has 10 nitrogen and oxygen atoms in total. The number of amides is 1. The molecule has 222 valence electrons. The first-order chi connectivity index (χ1) is 21.0. The third-order valence-corrected chi connectivity index (χ3v) is 6.31. The van der Waals surface area contributed by atoms with Gasteiger partial charge in [-0.05, 0) is 53.9 Å². The Labute approximate surface area is 247 Å². The molecule has 5 rings (SSSR count). The fourth-order valence-corrected chi connectivity index (χ4v) is 4.12. The molecule has 0 aliphatic carbocycles. The maximum Gasteiger partial charge on any atom is 0.416 e. The number of rotatable bonds is 7. The van der Waals surface area contributed by atoms with Gasteiger partial charge in [-0.25, -0.2) is 14.4 Å². The number of nitrogens with zero attached hydrogens (tertiary/aromatic N) is 5. The summed E-state index contributed by atoms with van der Waals surface area (Å²) in [5.74, 6) is 4.45. The number of pyridine rings is 1. The average molecular weight is 604 g/mol. The van der Waals surface area contributed by atoms with Gasteiger partial charge in [-0.2, -0.15) is 18.3 Å². The maximum absolute atomic E-state index is 14.6. The van der Waals surface area contributed by atoms with E-state index in [4.69, 9.17) is 4.74 Å². The molecule has 0 aliphatic heterocycles. The summed E-state index contributed by atoms with van der Waals surface area (Å²) in [5.41, 5.74) is -0.637. The zero-order valence-electron chi connectivity index (χ0n) is 23.0. The molecule has 0 unspecified atom stereocenters. The Bertz CT molecular complexity index is 1920. The lowest BCUT2D eigenvalue weighted by molar-refractivity contribution is -0.137. The first-order valence-corrected chi connectivity index (χ1v) is 12.8. The Balaban J connectivity index is 1.39. The molecule has 0 atom stereocenters. The highest BCUT2D eigenvalue weighted by Gasteiger charge is 2.32. The number of benzene rings is 2. The van der Waals surface area contributed by atoms with Crippen LogP contribution in [0.15, 0.2) is 67.3 Å². The van der Waals surface area contributed by atoms with Gasteiger partial charge in [0.15, 0.2) is 17.4 Å². The summed E-state index contributed by atoms with van der Waals surface area (Å²) in [4.78, 5) is 37.2. The molecule has 0 saturated carbocycles. The van der Waals surface area contributed by atoms with Gasteiger partial charge in [-0.15, -0.1) is 0 Å². The number of aromatic nitrogens is 6. The molecule has 0 aliphatic rings. The molecule has 2 N–H and O–H groups in total. The molecule has 0 radical (unpaired) electrons. The van der Waals surface area contributed by atoms with E-state index in [-0.39, 0.29) is 33.9 Å². The number of ether oxygens (including phenoxy) is 1. The Morgan fingerprint density at radius 3 is 2.57 bits per heavy atom. The molecule has 1 amide bonds. The van der Waals surface area contributed by atoms with E-state index in [2.05, 4.69) is 42.3 Å². The van der Waals surface area contributed by atoms with Crippen molar-refractivity contribution < 1.29 is 31.9 Å². The smallest absolute Gasteiger partial charge is 0.416 e. The summed E-state index contributed by atoms with van der Waals surface area (Å²) < 4.78 is 63.0. The highest BCUT2D eigenvalue weighted by atomic mass is 19.4. The van der Waals surface area contributed by atoms with Crippen molar-refractivity contribution in [1.29, 1.82) is 0 Å². The van der Waals surface area contributed by atoms with E-state index in [0.29, 0.717) is 17.3 Å². The maximum atomic E-state index is 14.6. The molecule has 0 spiro atoms. The van der Waals surface area contributed by atoms with Crippen molar-refractivity contribution in [3.63, 3.8) is 0 Å². The molecule has 3 aromatic heterocycles. The quantitative estimate of drug-likeness (QED) is 0.156. The second-order valence-electron chi connectivity index (χ2n) is 9.33. The topological polar surface area (TPSA) is 128 Å². The number of carbonyl (C=O) groups excluding carboxylic acids is 2. The van der Waals surface area contributed by atoms with Crippen molar-refractivity contribution >= 4 is 11.7 Å². The Kier molecular flexibility index (Phi) is 8.21. The first-order valence-electron chi connectivity index (χ1n) is 12.8. The van der Waals surface area contributed by atoms with Gasteiger partial charge in [0, 0.05) is 38.3 Å². The van der Waals surface area contributed by atoms with Crippen LogP contribution in [-0.2, 0) is 19.6 Å². The van der Waals surface area contributed by atoms with Gasteiger partial charge in [-0.3, -0.25) is 19.7 Å². The van der Waals surface area contributed by atoms with E-state index < -0.39 is 35.7 Å². The van der Waals surface area contributed by atoms with Crippen molar-refractivity contribution in [3.8, 4) is 35.0 Å². The van der Waals surface area contributed by atoms with Gasteiger partial charge < -0.3 is 14.6 Å². The van der Waals surface area contributed by atoms with Crippen LogP contribution in [0.25, 0.3) is 11.6 Å². The van der Waals surface area contributed by atoms with Gasteiger partial charge in [0.2, 0.25) is 0 Å². The third-order valence-electron chi connectivity index (χ3n) is 6.31. The molecule has 5 aromatic rings. The summed E-state index contributed by atoms with van der Waals surface area (Å²) in [6.45, 7) is 0. The van der Waals surface area contributed by atoms with Crippen LogP contribution in [0.3, 0.4) is 0 Å². The predicted molar refractivity (Wildman–Crippen MR) is 148 cm³/mol. The fraction of sp³-hybridized carbons (Fsp3) is 0.133. The highest BCUT2D eigenvalue weighted by Crippen LogP contribution is 2.34. The highest BCUT2D eigenvalue weighted by molar-refractivity contribution is 5.98. The molecular weight excluding hydrogens is 582 g/mol. The number of hydrogen-bond acceptors (Lipinski definition) is 7. The molecule has 14 heteroatoms. The zero-order valence-corrected chi connectivity index (χ0v) is 23.0. The van der Waals surface area contributed by atoms with Gasteiger partial charge in [0.1, 0.15) is 35.0 Å². The Morgan fingerprint density at radius 2 is 1.84 bits per heavy atom. The number of H-pyrrole nitrogens is 1. The number of aromatic amines is 1. The van der Waals surface area contributed by atoms with Gasteiger partial charge in [0.25, 0.3) is 5.91 Å². The van der Waals surface area contributed by atoms with Crippen molar-refractivity contribution in [1.82, 2.24) is 35.0 Å². The van der Waals surface area contributed by atoms with Crippen LogP contribution in [0.5, 0.6) is 11.5 Å². The third kappa shape index (κ3) is 6.62. The van der Waals surface area contributed by atoms with Crippen LogP contribution in [0.1, 0.15) is 43.2 Å². The van der Waals surface area contributed by atoms with Gasteiger partial charge in [0.05, 0.1) is 17.3 Å². The van der Waals surface area contributed by atoms with Crippen LogP contribution in [0.4, 0.5) is 17.6 Å². The number of hydrogen-bond donors (Lipinski definition) is 2. The van der Waals surface area contributed by atoms with Crippen LogP contribution in [0, 0.1) is 17.7 Å². The number of imidazole rings is 1. The minimum absolute atomic E-state index is 0.00115. The van der Waals surface area contributed by atoms with E-state index in [1.807, 2.05) is 0 Å². The minimum atomic E-state index is -4.74. The fourth-order valence-electron chi connectivity index (χ4n) is 4.12. The van der Waals surface area contributed by atoms with E-state index in [9.17, 15) is 27.2 Å². The molecule has 3 heterocycles. The summed E-state index contributed by atoms with van der Waals surface area (Å²) >= 11 is 0. The molecule has 0 saturated heterocycles. The summed E-state index contributed by atoms with van der Waals surface area (Å²) in [7, 11) is 3.09. The summed E-state index contributed by atoms with van der Waals surface area (Å²) in [6, 6.07) is 9.08. The molecule has 0 bridgehead atoms. The lowest BCUT2D eigenvalue weighted by Crippen LogP contribution is -2.18.